The van der Waals surface area contributed by atoms with Gasteiger partial charge in [-0.3, -0.25) is 9.78 Å². The first kappa shape index (κ1) is 14.3. The average molecular weight is 268 g/mol. The number of nitrogens with zero attached hydrogens (tertiary/aromatic N) is 1. The molecule has 0 spiro atoms. The molecule has 0 saturated carbocycles. The quantitative estimate of drug-likeness (QED) is 0.926. The molecule has 0 saturated heterocycles. The summed E-state index contributed by atoms with van der Waals surface area (Å²) in [6.45, 7) is 6.57. The molecule has 3 heteroatoms. The van der Waals surface area contributed by atoms with Crippen LogP contribution in [0.1, 0.15) is 32.9 Å². The van der Waals surface area contributed by atoms with Crippen molar-refractivity contribution in [2.45, 2.75) is 27.2 Å². The summed E-state index contributed by atoms with van der Waals surface area (Å²) in [4.78, 5) is 16.5. The lowest BCUT2D eigenvalue weighted by molar-refractivity contribution is 0.0954. The van der Waals surface area contributed by atoms with E-state index in [1.165, 1.54) is 0 Å². The van der Waals surface area contributed by atoms with Crippen molar-refractivity contribution in [2.24, 2.45) is 0 Å². The zero-order valence-electron chi connectivity index (χ0n) is 12.2. The summed E-state index contributed by atoms with van der Waals surface area (Å²) in [7, 11) is 0. The highest BCUT2D eigenvalue weighted by atomic mass is 16.1. The van der Waals surface area contributed by atoms with Crippen LogP contribution in [0.2, 0.25) is 0 Å². The van der Waals surface area contributed by atoms with E-state index in [9.17, 15) is 4.79 Å². The summed E-state index contributed by atoms with van der Waals surface area (Å²) in [5.74, 6) is -0.0237. The summed E-state index contributed by atoms with van der Waals surface area (Å²) in [5.41, 5.74) is 4.94. The van der Waals surface area contributed by atoms with Crippen LogP contribution in [0.4, 0.5) is 0 Å². The highest BCUT2D eigenvalue weighted by molar-refractivity contribution is 5.94. The van der Waals surface area contributed by atoms with Gasteiger partial charge in [0.05, 0.1) is 0 Å². The summed E-state index contributed by atoms with van der Waals surface area (Å²) < 4.78 is 0. The molecule has 0 bridgehead atoms. The second-order valence-electron chi connectivity index (χ2n) is 5.15. The van der Waals surface area contributed by atoms with Gasteiger partial charge in [0, 0.05) is 29.9 Å². The zero-order chi connectivity index (χ0) is 14.5. The number of carbonyl (C=O) groups is 1. The molecule has 0 aliphatic carbocycles. The zero-order valence-corrected chi connectivity index (χ0v) is 12.2. The Hall–Kier alpha value is -2.16. The summed E-state index contributed by atoms with van der Waals surface area (Å²) in [5, 5.41) is 2.94. The third-order valence-electron chi connectivity index (χ3n) is 3.10. The molecular weight excluding hydrogens is 248 g/mol. The van der Waals surface area contributed by atoms with Crippen molar-refractivity contribution < 1.29 is 4.79 Å². The lowest BCUT2D eigenvalue weighted by Crippen LogP contribution is -2.26. The Balaban J connectivity index is 1.92. The number of rotatable bonds is 4. The summed E-state index contributed by atoms with van der Waals surface area (Å²) in [6, 6.07) is 11.8. The van der Waals surface area contributed by atoms with Crippen LogP contribution in [-0.2, 0) is 6.42 Å². The molecule has 2 aromatic rings. The molecule has 1 N–H and O–H groups in total. The number of aromatic nitrogens is 1. The van der Waals surface area contributed by atoms with Gasteiger partial charge in [0.2, 0.25) is 0 Å². The van der Waals surface area contributed by atoms with Crippen molar-refractivity contribution >= 4 is 5.91 Å². The molecule has 0 fully saturated rings. The Morgan fingerprint density at radius 1 is 1.10 bits per heavy atom. The first-order valence-electron chi connectivity index (χ1n) is 6.83. The number of nitrogens with one attached hydrogen (secondary N) is 1. The minimum atomic E-state index is -0.0237. The largest absolute Gasteiger partial charge is 0.352 e. The number of pyridine rings is 1. The van der Waals surface area contributed by atoms with E-state index in [-0.39, 0.29) is 5.91 Å². The Morgan fingerprint density at radius 3 is 2.45 bits per heavy atom. The molecule has 0 aliphatic rings. The Morgan fingerprint density at radius 2 is 1.80 bits per heavy atom. The van der Waals surface area contributed by atoms with E-state index < -0.39 is 0 Å². The van der Waals surface area contributed by atoms with E-state index in [0.29, 0.717) is 6.54 Å². The van der Waals surface area contributed by atoms with Crippen molar-refractivity contribution in [1.29, 1.82) is 0 Å². The molecule has 0 radical (unpaired) electrons. The van der Waals surface area contributed by atoms with Crippen LogP contribution < -0.4 is 5.32 Å². The van der Waals surface area contributed by atoms with E-state index in [4.69, 9.17) is 0 Å². The molecule has 3 nitrogen and oxygen atoms in total. The van der Waals surface area contributed by atoms with Gasteiger partial charge < -0.3 is 5.32 Å². The van der Waals surface area contributed by atoms with Gasteiger partial charge in [-0.25, -0.2) is 0 Å². The molecule has 2 rings (SSSR count). The molecule has 0 atom stereocenters. The van der Waals surface area contributed by atoms with Gasteiger partial charge in [-0.15, -0.1) is 0 Å². The summed E-state index contributed by atoms with van der Waals surface area (Å²) in [6.07, 6.45) is 0.748. The SMILES string of the molecule is Cc1cc(C)cc(C(=O)NCCc2cccc(C)n2)c1. The Bertz CT molecular complexity index is 600. The third kappa shape index (κ3) is 3.92. The molecule has 1 amide bonds. The maximum Gasteiger partial charge on any atom is 0.251 e. The van der Waals surface area contributed by atoms with Crippen LogP contribution in [0, 0.1) is 20.8 Å². The van der Waals surface area contributed by atoms with E-state index in [0.717, 1.165) is 34.5 Å². The minimum absolute atomic E-state index is 0.0237. The monoisotopic (exact) mass is 268 g/mol. The molecular formula is C17H20N2O. The number of carbonyl (C=O) groups excluding carboxylic acids is 1. The van der Waals surface area contributed by atoms with Crippen LogP contribution in [0.15, 0.2) is 36.4 Å². The topological polar surface area (TPSA) is 42.0 Å². The van der Waals surface area contributed by atoms with Crippen LogP contribution in [0.3, 0.4) is 0 Å². The fraction of sp³-hybridized carbons (Fsp3) is 0.294. The number of hydrogen-bond donors (Lipinski definition) is 1. The van der Waals surface area contributed by atoms with Crippen molar-refractivity contribution in [1.82, 2.24) is 10.3 Å². The minimum Gasteiger partial charge on any atom is -0.352 e. The molecule has 0 aliphatic heterocycles. The normalized spacial score (nSPS) is 10.3. The fourth-order valence-electron chi connectivity index (χ4n) is 2.25. The second-order valence-corrected chi connectivity index (χ2v) is 5.15. The van der Waals surface area contributed by atoms with Gasteiger partial charge in [-0.2, -0.15) is 0 Å². The van der Waals surface area contributed by atoms with Crippen LogP contribution in [-0.4, -0.2) is 17.4 Å². The maximum absolute atomic E-state index is 12.1. The van der Waals surface area contributed by atoms with Crippen molar-refractivity contribution in [3.05, 3.63) is 64.5 Å². The lowest BCUT2D eigenvalue weighted by atomic mass is 10.1. The standard InChI is InChI=1S/C17H20N2O/c1-12-9-13(2)11-15(10-12)17(20)18-8-7-16-6-4-5-14(3)19-16/h4-6,9-11H,7-8H2,1-3H3,(H,18,20). The molecule has 104 valence electrons. The molecule has 0 unspecified atom stereocenters. The van der Waals surface area contributed by atoms with Gasteiger partial charge >= 0.3 is 0 Å². The predicted octanol–water partition coefficient (Wildman–Crippen LogP) is 2.98. The highest BCUT2D eigenvalue weighted by Gasteiger charge is 2.06. The van der Waals surface area contributed by atoms with Crippen molar-refractivity contribution in [2.75, 3.05) is 6.54 Å². The first-order valence-corrected chi connectivity index (χ1v) is 6.83. The van der Waals surface area contributed by atoms with Gasteiger partial charge in [-0.1, -0.05) is 23.3 Å². The molecule has 20 heavy (non-hydrogen) atoms. The van der Waals surface area contributed by atoms with Crippen molar-refractivity contribution in [3.63, 3.8) is 0 Å². The lowest BCUT2D eigenvalue weighted by Gasteiger charge is -2.07. The smallest absolute Gasteiger partial charge is 0.251 e. The third-order valence-corrected chi connectivity index (χ3v) is 3.10. The Kier molecular flexibility index (Phi) is 4.51. The molecule has 1 aromatic heterocycles. The fourth-order valence-corrected chi connectivity index (χ4v) is 2.25. The number of benzene rings is 1. The van der Waals surface area contributed by atoms with Crippen LogP contribution in [0.25, 0.3) is 0 Å². The van der Waals surface area contributed by atoms with Crippen LogP contribution in [0.5, 0.6) is 0 Å². The van der Waals surface area contributed by atoms with E-state index in [1.807, 2.05) is 51.1 Å². The Labute approximate surface area is 120 Å². The van der Waals surface area contributed by atoms with E-state index in [1.54, 1.807) is 0 Å². The van der Waals surface area contributed by atoms with Gasteiger partial charge in [0.15, 0.2) is 0 Å². The van der Waals surface area contributed by atoms with Gasteiger partial charge in [-0.05, 0) is 45.0 Å². The highest BCUT2D eigenvalue weighted by Crippen LogP contribution is 2.08. The van der Waals surface area contributed by atoms with E-state index >= 15 is 0 Å². The molecule has 1 aromatic carbocycles. The first-order chi connectivity index (χ1) is 9.54. The average Bonchev–Trinajstić information content (AvgIpc) is 2.37. The maximum atomic E-state index is 12.1. The van der Waals surface area contributed by atoms with Gasteiger partial charge in [0.25, 0.3) is 5.91 Å². The van der Waals surface area contributed by atoms with E-state index in [2.05, 4.69) is 16.4 Å². The summed E-state index contributed by atoms with van der Waals surface area (Å²) >= 11 is 0. The number of hydrogen-bond acceptors (Lipinski definition) is 2. The van der Waals surface area contributed by atoms with Crippen LogP contribution >= 0.6 is 0 Å². The number of aryl methyl sites for hydroxylation is 3. The van der Waals surface area contributed by atoms with Crippen molar-refractivity contribution in [3.8, 4) is 0 Å². The van der Waals surface area contributed by atoms with Gasteiger partial charge in [0.1, 0.15) is 0 Å². The molecule has 1 heterocycles. The second kappa shape index (κ2) is 6.33. The number of amides is 1. The predicted molar refractivity (Wildman–Crippen MR) is 80.9 cm³/mol.